The van der Waals surface area contributed by atoms with Gasteiger partial charge in [0.2, 0.25) is 0 Å². The van der Waals surface area contributed by atoms with Crippen LogP contribution >= 0.6 is 0 Å². The first-order valence-electron chi connectivity index (χ1n) is 6.86. The number of aromatic hydroxyl groups is 1. The highest BCUT2D eigenvalue weighted by Gasteiger charge is 1.94. The minimum absolute atomic E-state index is 0.245. The number of phenols is 1. The van der Waals surface area contributed by atoms with E-state index in [1.807, 2.05) is 64.1 Å². The van der Waals surface area contributed by atoms with Crippen LogP contribution in [0.15, 0.2) is 42.5 Å². The van der Waals surface area contributed by atoms with Gasteiger partial charge in [-0.05, 0) is 11.5 Å². The molecule has 0 fully saturated rings. The molecule has 0 saturated heterocycles. The minimum Gasteiger partial charge on any atom is -0.507 e. The van der Waals surface area contributed by atoms with Crippen LogP contribution in [0.1, 0.15) is 34.6 Å². The maximum atomic E-state index is 9.59. The van der Waals surface area contributed by atoms with Crippen LogP contribution in [0.3, 0.4) is 0 Å². The Bertz CT molecular complexity index is 473. The van der Waals surface area contributed by atoms with Crippen molar-refractivity contribution in [2.75, 3.05) is 7.11 Å². The van der Waals surface area contributed by atoms with Gasteiger partial charge >= 0.3 is 5.97 Å². The Hall–Kier alpha value is -2.03. The fourth-order valence-corrected chi connectivity index (χ4v) is 1.21. The number of rotatable bonds is 0. The number of carbonyl (C=O) groups is 1. The van der Waals surface area contributed by atoms with Crippen LogP contribution in [-0.4, -0.2) is 18.2 Å². The molecule has 0 bridgehead atoms. The van der Waals surface area contributed by atoms with E-state index >= 15 is 0 Å². The van der Waals surface area contributed by atoms with Crippen molar-refractivity contribution in [1.29, 1.82) is 0 Å². The van der Waals surface area contributed by atoms with Gasteiger partial charge < -0.3 is 9.84 Å². The fraction of sp³-hybridized carbons (Fsp3) is 0.353. The van der Waals surface area contributed by atoms with Crippen LogP contribution in [0.25, 0.3) is 10.8 Å². The highest BCUT2D eigenvalue weighted by Crippen LogP contribution is 2.22. The van der Waals surface area contributed by atoms with Gasteiger partial charge in [0.25, 0.3) is 0 Å². The van der Waals surface area contributed by atoms with E-state index < -0.39 is 0 Å². The Morgan fingerprint density at radius 3 is 1.85 bits per heavy atom. The van der Waals surface area contributed by atoms with Gasteiger partial charge in [-0.2, -0.15) is 0 Å². The topological polar surface area (TPSA) is 46.5 Å². The summed E-state index contributed by atoms with van der Waals surface area (Å²) in [4.78, 5) is 9.59. The van der Waals surface area contributed by atoms with Gasteiger partial charge in [0, 0.05) is 12.3 Å². The molecule has 20 heavy (non-hydrogen) atoms. The summed E-state index contributed by atoms with van der Waals surface area (Å²) in [5.41, 5.74) is 0. The smallest absolute Gasteiger partial charge is 0.302 e. The van der Waals surface area contributed by atoms with Crippen molar-refractivity contribution in [1.82, 2.24) is 0 Å². The summed E-state index contributed by atoms with van der Waals surface area (Å²) in [6.07, 6.45) is 0. The van der Waals surface area contributed by atoms with Gasteiger partial charge in [0.05, 0.1) is 7.11 Å². The van der Waals surface area contributed by atoms with E-state index in [4.69, 9.17) is 0 Å². The summed E-state index contributed by atoms with van der Waals surface area (Å²) in [5, 5.41) is 11.4. The summed E-state index contributed by atoms with van der Waals surface area (Å²) >= 11 is 0. The predicted octanol–water partition coefficient (Wildman–Crippen LogP) is 4.78. The number of benzene rings is 2. The lowest BCUT2D eigenvalue weighted by molar-refractivity contribution is -0.137. The summed E-state index contributed by atoms with van der Waals surface area (Å²) in [7, 11) is 1.35. The zero-order chi connectivity index (χ0) is 16.0. The first-order chi connectivity index (χ1) is 9.65. The van der Waals surface area contributed by atoms with Crippen LogP contribution in [-0.2, 0) is 9.53 Å². The molecule has 0 heterocycles. The third-order valence-electron chi connectivity index (χ3n) is 2.05. The van der Waals surface area contributed by atoms with E-state index in [1.54, 1.807) is 6.07 Å². The first kappa shape index (κ1) is 20.3. The second-order valence-corrected chi connectivity index (χ2v) is 3.19. The van der Waals surface area contributed by atoms with E-state index in [0.717, 1.165) is 10.8 Å². The van der Waals surface area contributed by atoms with Gasteiger partial charge in [-0.3, -0.25) is 4.79 Å². The molecular weight excluding hydrogens is 252 g/mol. The molecule has 0 aromatic heterocycles. The van der Waals surface area contributed by atoms with E-state index in [9.17, 15) is 9.90 Å². The van der Waals surface area contributed by atoms with Gasteiger partial charge in [-0.15, -0.1) is 0 Å². The van der Waals surface area contributed by atoms with Crippen LogP contribution in [0.5, 0.6) is 5.75 Å². The maximum Gasteiger partial charge on any atom is 0.302 e. The molecule has 2 aromatic carbocycles. The van der Waals surface area contributed by atoms with E-state index in [-0.39, 0.29) is 5.97 Å². The number of hydrogen-bond donors (Lipinski definition) is 1. The van der Waals surface area contributed by atoms with Crippen molar-refractivity contribution >= 4 is 16.7 Å². The van der Waals surface area contributed by atoms with Gasteiger partial charge in [0.1, 0.15) is 5.75 Å². The molecule has 0 aliphatic heterocycles. The zero-order valence-electron chi connectivity index (χ0n) is 13.3. The largest absolute Gasteiger partial charge is 0.507 e. The molecule has 112 valence electrons. The van der Waals surface area contributed by atoms with Crippen molar-refractivity contribution in [2.45, 2.75) is 34.6 Å². The van der Waals surface area contributed by atoms with Gasteiger partial charge in [0.15, 0.2) is 0 Å². The minimum atomic E-state index is -0.245. The van der Waals surface area contributed by atoms with Crippen LogP contribution in [0.2, 0.25) is 0 Å². The molecule has 0 aliphatic carbocycles. The number of fused-ring (bicyclic) bond motifs is 1. The lowest BCUT2D eigenvalue weighted by Crippen LogP contribution is -1.88. The molecule has 3 heteroatoms. The number of carbonyl (C=O) groups excluding carboxylic acids is 1. The highest BCUT2D eigenvalue weighted by atomic mass is 16.5. The summed E-state index contributed by atoms with van der Waals surface area (Å²) in [5.74, 6) is 0.105. The van der Waals surface area contributed by atoms with Crippen molar-refractivity contribution in [3.8, 4) is 5.75 Å². The van der Waals surface area contributed by atoms with Crippen molar-refractivity contribution in [2.24, 2.45) is 0 Å². The van der Waals surface area contributed by atoms with Crippen molar-refractivity contribution in [3.63, 3.8) is 0 Å². The first-order valence-corrected chi connectivity index (χ1v) is 6.86. The number of methoxy groups -OCH3 is 1. The molecule has 0 aliphatic rings. The highest BCUT2D eigenvalue weighted by molar-refractivity contribution is 5.87. The molecule has 2 rings (SSSR count). The lowest BCUT2D eigenvalue weighted by Gasteiger charge is -1.97. The molecule has 3 nitrogen and oxygen atoms in total. The third-order valence-corrected chi connectivity index (χ3v) is 2.05. The monoisotopic (exact) mass is 278 g/mol. The average Bonchev–Trinajstić information content (AvgIpc) is 2.52. The van der Waals surface area contributed by atoms with Crippen LogP contribution in [0, 0.1) is 0 Å². The molecule has 1 N–H and O–H groups in total. The van der Waals surface area contributed by atoms with Crippen LogP contribution < -0.4 is 0 Å². The van der Waals surface area contributed by atoms with Crippen LogP contribution in [0.4, 0.5) is 0 Å². The van der Waals surface area contributed by atoms with E-state index in [0.29, 0.717) is 5.75 Å². The SMILES string of the molecule is CC.CC.COC(C)=O.Oc1cccc2ccccc12. The molecule has 0 unspecified atom stereocenters. The third kappa shape index (κ3) is 8.14. The quantitative estimate of drug-likeness (QED) is 0.706. The Morgan fingerprint density at radius 1 is 0.950 bits per heavy atom. The molecule has 0 radical (unpaired) electrons. The predicted molar refractivity (Wildman–Crippen MR) is 86.0 cm³/mol. The number of phenolic OH excluding ortho intramolecular Hbond substituents is 1. The summed E-state index contributed by atoms with van der Waals surface area (Å²) in [6.45, 7) is 9.36. The molecule has 0 atom stereocenters. The second-order valence-electron chi connectivity index (χ2n) is 3.19. The standard InChI is InChI=1S/C10H8O.C3H6O2.2C2H6/c11-10-7-3-5-8-4-1-2-6-9(8)10;1-3(4)5-2;2*1-2/h1-7,11H;1-2H3;2*1-2H3. The number of ether oxygens (including phenoxy) is 1. The number of hydrogen-bond acceptors (Lipinski definition) is 3. The van der Waals surface area contributed by atoms with Crippen molar-refractivity contribution in [3.05, 3.63) is 42.5 Å². The fourth-order valence-electron chi connectivity index (χ4n) is 1.21. The van der Waals surface area contributed by atoms with E-state index in [1.165, 1.54) is 14.0 Å². The Morgan fingerprint density at radius 2 is 1.40 bits per heavy atom. The van der Waals surface area contributed by atoms with Crippen molar-refractivity contribution < 1.29 is 14.6 Å². The van der Waals surface area contributed by atoms with E-state index in [2.05, 4.69) is 4.74 Å². The molecule has 0 amide bonds. The average molecular weight is 278 g/mol. The summed E-state index contributed by atoms with van der Waals surface area (Å²) in [6, 6.07) is 13.3. The lowest BCUT2D eigenvalue weighted by atomic mass is 10.1. The summed E-state index contributed by atoms with van der Waals surface area (Å²) < 4.78 is 4.11. The normalized spacial score (nSPS) is 7.90. The second kappa shape index (κ2) is 13.4. The zero-order valence-corrected chi connectivity index (χ0v) is 13.3. The molecular formula is C17H26O3. The molecule has 0 spiro atoms. The Balaban J connectivity index is 0. The molecule has 0 saturated carbocycles. The number of esters is 1. The van der Waals surface area contributed by atoms with Gasteiger partial charge in [-0.25, -0.2) is 0 Å². The maximum absolute atomic E-state index is 9.59. The van der Waals surface area contributed by atoms with Gasteiger partial charge in [-0.1, -0.05) is 64.1 Å². The molecule has 2 aromatic rings. The Labute approximate surface area is 122 Å². The Kier molecular flexibility index (Phi) is 13.6.